The van der Waals surface area contributed by atoms with Crippen LogP contribution < -0.4 is 4.90 Å². The van der Waals surface area contributed by atoms with E-state index in [4.69, 9.17) is 0 Å². The summed E-state index contributed by atoms with van der Waals surface area (Å²) in [5, 5.41) is 7.46. The average Bonchev–Trinajstić information content (AvgIpc) is 3.52. The summed E-state index contributed by atoms with van der Waals surface area (Å²) in [6, 6.07) is 8.59. The molecular weight excluding hydrogens is 472 g/mol. The lowest BCUT2D eigenvalue weighted by Gasteiger charge is -2.43. The monoisotopic (exact) mass is 506 g/mol. The number of thiazole rings is 1. The molecule has 2 amide bonds. The largest absolute Gasteiger partial charge is 0.335 e. The van der Waals surface area contributed by atoms with Gasteiger partial charge in [-0.05, 0) is 43.4 Å². The third-order valence-electron chi connectivity index (χ3n) is 7.37. The Balaban J connectivity index is 1.51. The maximum atomic E-state index is 13.7. The van der Waals surface area contributed by atoms with Crippen molar-refractivity contribution in [3.8, 4) is 0 Å². The van der Waals surface area contributed by atoms with Gasteiger partial charge < -0.3 is 9.80 Å². The fourth-order valence-corrected chi connectivity index (χ4v) is 6.23. The van der Waals surface area contributed by atoms with Crippen LogP contribution in [0.1, 0.15) is 48.7 Å². The number of hydrogen-bond donors (Lipinski definition) is 0. The number of amides is 2. The van der Waals surface area contributed by atoms with Crippen molar-refractivity contribution in [2.24, 2.45) is 0 Å². The van der Waals surface area contributed by atoms with Gasteiger partial charge in [0.25, 0.3) is 0 Å². The summed E-state index contributed by atoms with van der Waals surface area (Å²) >= 11 is 1.68. The second-order valence-electron chi connectivity index (χ2n) is 9.91. The first-order valence-corrected chi connectivity index (χ1v) is 13.6. The number of hydrogen-bond acceptors (Lipinski definition) is 6. The van der Waals surface area contributed by atoms with E-state index in [1.54, 1.807) is 29.1 Å². The molecule has 1 saturated heterocycles. The van der Waals surface area contributed by atoms with E-state index in [1.807, 2.05) is 58.8 Å². The molecule has 0 N–H and O–H groups in total. The van der Waals surface area contributed by atoms with E-state index in [2.05, 4.69) is 15.0 Å². The van der Waals surface area contributed by atoms with Crippen LogP contribution in [0.2, 0.25) is 0 Å². The third kappa shape index (κ3) is 5.52. The van der Waals surface area contributed by atoms with Crippen LogP contribution in [0.3, 0.4) is 0 Å². The third-order valence-corrected chi connectivity index (χ3v) is 8.13. The number of carbonyl (C=O) groups excluding carboxylic acids is 2. The summed E-state index contributed by atoms with van der Waals surface area (Å²) in [6.07, 6.45) is 9.70. The van der Waals surface area contributed by atoms with Gasteiger partial charge in [0.05, 0.1) is 12.7 Å². The molecule has 3 aromatic rings. The highest BCUT2D eigenvalue weighted by Crippen LogP contribution is 2.32. The van der Waals surface area contributed by atoms with Crippen molar-refractivity contribution < 1.29 is 9.59 Å². The predicted octanol–water partition coefficient (Wildman–Crippen LogP) is 3.86. The predicted molar refractivity (Wildman–Crippen MR) is 141 cm³/mol. The Bertz CT molecular complexity index is 1190. The minimum Gasteiger partial charge on any atom is -0.335 e. The zero-order valence-electron chi connectivity index (χ0n) is 21.0. The van der Waals surface area contributed by atoms with E-state index in [0.717, 1.165) is 54.0 Å². The molecule has 0 saturated carbocycles. The zero-order valence-corrected chi connectivity index (χ0v) is 21.9. The molecule has 0 aliphatic carbocycles. The Kier molecular flexibility index (Phi) is 7.48. The maximum absolute atomic E-state index is 13.7. The van der Waals surface area contributed by atoms with Crippen LogP contribution in [0.25, 0.3) is 0 Å². The molecule has 8 nitrogen and oxygen atoms in total. The molecule has 2 aromatic heterocycles. The number of aromatic nitrogens is 3. The van der Waals surface area contributed by atoms with Crippen molar-refractivity contribution in [1.29, 1.82) is 0 Å². The first-order valence-electron chi connectivity index (χ1n) is 12.7. The van der Waals surface area contributed by atoms with Crippen molar-refractivity contribution in [3.05, 3.63) is 64.4 Å². The van der Waals surface area contributed by atoms with Gasteiger partial charge in [-0.1, -0.05) is 24.6 Å². The Morgan fingerprint density at radius 1 is 1.14 bits per heavy atom. The molecule has 5 rings (SSSR count). The van der Waals surface area contributed by atoms with Gasteiger partial charge in [0.15, 0.2) is 0 Å². The summed E-state index contributed by atoms with van der Waals surface area (Å²) in [7, 11) is 0. The maximum Gasteiger partial charge on any atom is 0.244 e. The van der Waals surface area contributed by atoms with Crippen molar-refractivity contribution in [1.82, 2.24) is 24.6 Å². The highest BCUT2D eigenvalue weighted by Gasteiger charge is 2.35. The summed E-state index contributed by atoms with van der Waals surface area (Å²) in [5.41, 5.74) is 2.94. The second-order valence-corrected chi connectivity index (χ2v) is 10.9. The fourth-order valence-electron chi connectivity index (χ4n) is 5.61. The van der Waals surface area contributed by atoms with Crippen molar-refractivity contribution in [3.63, 3.8) is 0 Å². The molecule has 0 radical (unpaired) electrons. The molecule has 190 valence electrons. The summed E-state index contributed by atoms with van der Waals surface area (Å²) in [6.45, 7) is 6.37. The molecule has 36 heavy (non-hydrogen) atoms. The number of nitrogens with zero attached hydrogens (tertiary/aromatic N) is 6. The standard InChI is InChI=1S/C27H34N6O2S/c1-20-14-29-31(15-20)19-27(35)30-16-22-6-3-4-9-25(22)32(21(2)34)12-10-23-7-5-8-24(17-30)33(23)18-26-28-11-13-36-26/h3-4,6,9,11,13-15,23-24H,5,7-8,10,12,16-19H2,1-2H3. The van der Waals surface area contributed by atoms with E-state index in [1.165, 1.54) is 0 Å². The molecule has 2 atom stereocenters. The highest BCUT2D eigenvalue weighted by atomic mass is 32.1. The van der Waals surface area contributed by atoms with E-state index >= 15 is 0 Å². The second kappa shape index (κ2) is 10.9. The van der Waals surface area contributed by atoms with Crippen molar-refractivity contribution in [2.45, 2.75) is 71.2 Å². The average molecular weight is 507 g/mol. The Labute approximate surface area is 216 Å². The van der Waals surface area contributed by atoms with E-state index < -0.39 is 0 Å². The zero-order chi connectivity index (χ0) is 25.1. The van der Waals surface area contributed by atoms with Crippen LogP contribution >= 0.6 is 11.3 Å². The number of carbonyl (C=O) groups is 2. The quantitative estimate of drug-likeness (QED) is 0.537. The molecule has 9 heteroatoms. The van der Waals surface area contributed by atoms with Crippen LogP contribution in [-0.4, -0.2) is 61.6 Å². The van der Waals surface area contributed by atoms with Crippen molar-refractivity contribution in [2.75, 3.05) is 18.0 Å². The number of anilines is 1. The van der Waals surface area contributed by atoms with Crippen molar-refractivity contribution >= 4 is 28.8 Å². The number of fused-ring (bicyclic) bond motifs is 3. The van der Waals surface area contributed by atoms with Gasteiger partial charge >= 0.3 is 0 Å². The van der Waals surface area contributed by atoms with E-state index in [-0.39, 0.29) is 24.4 Å². The van der Waals surface area contributed by atoms with Crippen LogP contribution in [0.4, 0.5) is 5.69 Å². The van der Waals surface area contributed by atoms with Gasteiger partial charge in [-0.25, -0.2) is 4.98 Å². The summed E-state index contributed by atoms with van der Waals surface area (Å²) in [4.78, 5) is 37.5. The first-order chi connectivity index (χ1) is 17.5. The normalized spacial score (nSPS) is 21.1. The molecule has 2 aliphatic rings. The number of piperidine rings is 1. The number of para-hydroxylation sites is 1. The van der Waals surface area contributed by atoms with Crippen LogP contribution in [0.15, 0.2) is 48.2 Å². The lowest BCUT2D eigenvalue weighted by molar-refractivity contribution is -0.134. The molecule has 2 unspecified atom stereocenters. The first kappa shape index (κ1) is 24.6. The SMILES string of the molecule is CC(=O)N1CCC2CCCC(CN(C(=O)Cn3cc(C)cn3)Cc3ccccc31)N2Cc1nccs1. The van der Waals surface area contributed by atoms with Crippen LogP contribution in [0, 0.1) is 6.92 Å². The van der Waals surface area contributed by atoms with Gasteiger partial charge in [-0.2, -0.15) is 5.10 Å². The van der Waals surface area contributed by atoms with E-state index in [9.17, 15) is 9.59 Å². The topological polar surface area (TPSA) is 74.6 Å². The summed E-state index contributed by atoms with van der Waals surface area (Å²) < 4.78 is 1.72. The van der Waals surface area contributed by atoms with Crippen LogP contribution in [-0.2, 0) is 29.2 Å². The van der Waals surface area contributed by atoms with E-state index in [0.29, 0.717) is 25.7 Å². The van der Waals surface area contributed by atoms with Gasteiger partial charge in [0, 0.05) is 62.1 Å². The van der Waals surface area contributed by atoms with Gasteiger partial charge in [0.1, 0.15) is 11.6 Å². The van der Waals surface area contributed by atoms with Gasteiger partial charge in [-0.15, -0.1) is 11.3 Å². The molecule has 2 aliphatic heterocycles. The lowest BCUT2D eigenvalue weighted by atomic mass is 9.93. The number of rotatable bonds is 4. The molecule has 0 spiro atoms. The molecule has 2 bridgehead atoms. The molecule has 1 fully saturated rings. The molecule has 4 heterocycles. The minimum atomic E-state index is 0.0328. The molecule has 1 aromatic carbocycles. The lowest BCUT2D eigenvalue weighted by Crippen LogP contribution is -2.52. The number of aryl methyl sites for hydroxylation is 1. The Morgan fingerprint density at radius 2 is 1.97 bits per heavy atom. The Morgan fingerprint density at radius 3 is 2.72 bits per heavy atom. The Hall–Kier alpha value is -3.04. The molecular formula is C27H34N6O2S. The fraction of sp³-hybridized carbons (Fsp3) is 0.481. The summed E-state index contributed by atoms with van der Waals surface area (Å²) in [5.74, 6) is 0.0725. The van der Waals surface area contributed by atoms with Crippen LogP contribution in [0.5, 0.6) is 0 Å². The van der Waals surface area contributed by atoms with Gasteiger partial charge in [-0.3, -0.25) is 19.2 Å². The van der Waals surface area contributed by atoms with Gasteiger partial charge in [0.2, 0.25) is 11.8 Å². The number of benzene rings is 1. The highest BCUT2D eigenvalue weighted by molar-refractivity contribution is 7.09. The smallest absolute Gasteiger partial charge is 0.244 e. The minimum absolute atomic E-state index is 0.0328.